The van der Waals surface area contributed by atoms with E-state index in [0.717, 1.165) is 44.9 Å². The first kappa shape index (κ1) is 21.2. The number of carbonyl (C=O) groups excluding carboxylic acids is 2. The van der Waals surface area contributed by atoms with E-state index in [1.807, 2.05) is 0 Å². The first-order valence-electron chi connectivity index (χ1n) is 11.0. The highest BCUT2D eigenvalue weighted by molar-refractivity contribution is 7.89. The molecule has 0 heterocycles. The van der Waals surface area contributed by atoms with Crippen LogP contribution in [0.15, 0.2) is 29.2 Å². The molecule has 5 aliphatic carbocycles. The van der Waals surface area contributed by atoms with Crippen molar-refractivity contribution >= 4 is 33.4 Å². The zero-order chi connectivity index (χ0) is 22.0. The van der Waals surface area contributed by atoms with E-state index in [-0.39, 0.29) is 47.2 Å². The zero-order valence-electron chi connectivity index (χ0n) is 17.3. The molecule has 5 fully saturated rings. The fraction of sp³-hybridized carbons (Fsp3) is 0.636. The van der Waals surface area contributed by atoms with Crippen molar-refractivity contribution in [1.82, 2.24) is 9.62 Å². The van der Waals surface area contributed by atoms with Gasteiger partial charge in [0.1, 0.15) is 0 Å². The van der Waals surface area contributed by atoms with Crippen molar-refractivity contribution in [2.45, 2.75) is 61.9 Å². The molecule has 31 heavy (non-hydrogen) atoms. The van der Waals surface area contributed by atoms with Gasteiger partial charge in [-0.3, -0.25) is 9.59 Å². The number of amides is 2. The minimum atomic E-state index is -3.81. The third-order valence-electron chi connectivity index (χ3n) is 7.78. The number of hydrogen-bond acceptors (Lipinski definition) is 4. The third kappa shape index (κ3) is 3.76. The lowest BCUT2D eigenvalue weighted by Gasteiger charge is -2.58. The van der Waals surface area contributed by atoms with Crippen molar-refractivity contribution in [2.24, 2.45) is 28.9 Å². The number of halogens is 1. The third-order valence-corrected chi connectivity index (χ3v) is 9.91. The Labute approximate surface area is 187 Å². The van der Waals surface area contributed by atoms with Gasteiger partial charge in [0.25, 0.3) is 0 Å². The van der Waals surface area contributed by atoms with Gasteiger partial charge in [-0.15, -0.1) is 0 Å². The second-order valence-electron chi connectivity index (χ2n) is 9.95. The lowest BCUT2D eigenvalue weighted by Crippen LogP contribution is -2.62. The standard InChI is InChI=1S/C22H28ClN3O4S/c23-16-2-1-3-18(8-16)31(29,30)26(17-4-5-17)12-19(27)25-20-14-6-13-7-15(20)11-22(9-13,10-14)21(24)28/h1-3,8,13-15,17,20H,4-7,9-12H2,(H2,24,28)(H,25,27). The van der Waals surface area contributed by atoms with Gasteiger partial charge in [-0.25, -0.2) is 8.42 Å². The van der Waals surface area contributed by atoms with Crippen molar-refractivity contribution in [3.63, 3.8) is 0 Å². The van der Waals surface area contributed by atoms with Gasteiger partial charge in [0.2, 0.25) is 21.8 Å². The van der Waals surface area contributed by atoms with Crippen LogP contribution in [0.1, 0.15) is 44.9 Å². The zero-order valence-corrected chi connectivity index (χ0v) is 18.9. The molecular weight excluding hydrogens is 438 g/mol. The second kappa shape index (κ2) is 7.46. The summed E-state index contributed by atoms with van der Waals surface area (Å²) in [5.41, 5.74) is 5.34. The maximum Gasteiger partial charge on any atom is 0.243 e. The maximum absolute atomic E-state index is 13.2. The summed E-state index contributed by atoms with van der Waals surface area (Å²) < 4.78 is 27.7. The monoisotopic (exact) mass is 465 g/mol. The van der Waals surface area contributed by atoms with Crippen molar-refractivity contribution in [1.29, 1.82) is 0 Å². The molecule has 7 nitrogen and oxygen atoms in total. The molecule has 6 rings (SSSR count). The van der Waals surface area contributed by atoms with Gasteiger partial charge in [0, 0.05) is 22.5 Å². The van der Waals surface area contributed by atoms with E-state index < -0.39 is 15.4 Å². The number of sulfonamides is 1. The Hall–Kier alpha value is -1.64. The van der Waals surface area contributed by atoms with Crippen LogP contribution in [-0.2, 0) is 19.6 Å². The predicted octanol–water partition coefficient (Wildman–Crippen LogP) is 2.29. The van der Waals surface area contributed by atoms with Crippen molar-refractivity contribution in [3.05, 3.63) is 29.3 Å². The van der Waals surface area contributed by atoms with Gasteiger partial charge in [-0.1, -0.05) is 17.7 Å². The summed E-state index contributed by atoms with van der Waals surface area (Å²) in [6, 6.07) is 6.00. The second-order valence-corrected chi connectivity index (χ2v) is 12.3. The van der Waals surface area contributed by atoms with Crippen molar-refractivity contribution in [3.8, 4) is 0 Å². The highest BCUT2D eigenvalue weighted by atomic mass is 35.5. The smallest absolute Gasteiger partial charge is 0.243 e. The van der Waals surface area contributed by atoms with Gasteiger partial charge in [0.15, 0.2) is 0 Å². The molecule has 1 aromatic rings. The maximum atomic E-state index is 13.2. The summed E-state index contributed by atoms with van der Waals surface area (Å²) in [5, 5.41) is 3.49. The summed E-state index contributed by atoms with van der Waals surface area (Å²) in [6.45, 7) is -0.195. The number of rotatable bonds is 7. The van der Waals surface area contributed by atoms with Gasteiger partial charge in [0.05, 0.1) is 11.4 Å². The van der Waals surface area contributed by atoms with E-state index >= 15 is 0 Å². The molecule has 5 aliphatic rings. The normalized spacial score (nSPS) is 34.1. The molecule has 0 aliphatic heterocycles. The number of benzene rings is 1. The van der Waals surface area contributed by atoms with Crippen LogP contribution in [0.3, 0.4) is 0 Å². The molecule has 9 heteroatoms. The van der Waals surface area contributed by atoms with Crippen LogP contribution in [0.4, 0.5) is 0 Å². The average Bonchev–Trinajstić information content (AvgIpc) is 3.53. The molecule has 168 valence electrons. The van der Waals surface area contributed by atoms with E-state index in [0.29, 0.717) is 10.9 Å². The molecule has 5 saturated carbocycles. The lowest BCUT2D eigenvalue weighted by atomic mass is 9.47. The van der Waals surface area contributed by atoms with E-state index in [9.17, 15) is 18.0 Å². The summed E-state index contributed by atoms with van der Waals surface area (Å²) in [6.07, 6.45) is 5.85. The van der Waals surface area contributed by atoms with Crippen molar-refractivity contribution in [2.75, 3.05) is 6.54 Å². The van der Waals surface area contributed by atoms with Crippen LogP contribution in [0.2, 0.25) is 5.02 Å². The largest absolute Gasteiger partial charge is 0.369 e. The van der Waals surface area contributed by atoms with Gasteiger partial charge in [-0.05, 0) is 80.9 Å². The summed E-state index contributed by atoms with van der Waals surface area (Å²) in [7, 11) is -3.81. The van der Waals surface area contributed by atoms with Gasteiger partial charge < -0.3 is 11.1 Å². The first-order chi connectivity index (χ1) is 14.7. The molecule has 2 atom stereocenters. The van der Waals surface area contributed by atoms with Crippen LogP contribution in [0.5, 0.6) is 0 Å². The number of hydrogen-bond donors (Lipinski definition) is 2. The molecule has 3 N–H and O–H groups in total. The van der Waals surface area contributed by atoms with Crippen LogP contribution in [-0.4, -0.2) is 43.2 Å². The summed E-state index contributed by atoms with van der Waals surface area (Å²) in [5.74, 6) is 0.500. The van der Waals surface area contributed by atoms with Crippen LogP contribution in [0, 0.1) is 23.2 Å². The van der Waals surface area contributed by atoms with Crippen LogP contribution >= 0.6 is 11.6 Å². The SMILES string of the molecule is NC(=O)C12CC3CC(C1)C(NC(=O)CN(C1CC1)S(=O)(=O)c1cccc(Cl)c1)C(C3)C2. The minimum absolute atomic E-state index is 0.00791. The molecule has 0 spiro atoms. The number of nitrogens with two attached hydrogens (primary N) is 1. The summed E-state index contributed by atoms with van der Waals surface area (Å²) >= 11 is 5.99. The molecule has 4 bridgehead atoms. The average molecular weight is 466 g/mol. The fourth-order valence-electron chi connectivity index (χ4n) is 6.47. The van der Waals surface area contributed by atoms with E-state index in [1.54, 1.807) is 12.1 Å². The topological polar surface area (TPSA) is 110 Å². The van der Waals surface area contributed by atoms with Gasteiger partial charge in [-0.2, -0.15) is 4.31 Å². The highest BCUT2D eigenvalue weighted by Crippen LogP contribution is 2.59. The Balaban J connectivity index is 1.30. The van der Waals surface area contributed by atoms with Crippen molar-refractivity contribution < 1.29 is 18.0 Å². The minimum Gasteiger partial charge on any atom is -0.369 e. The predicted molar refractivity (Wildman–Crippen MR) is 115 cm³/mol. The molecule has 2 amide bonds. The number of nitrogens with zero attached hydrogens (tertiary/aromatic N) is 1. The summed E-state index contributed by atoms with van der Waals surface area (Å²) in [4.78, 5) is 25.2. The molecule has 0 saturated heterocycles. The Kier molecular flexibility index (Phi) is 5.10. The fourth-order valence-corrected chi connectivity index (χ4v) is 8.41. The Morgan fingerprint density at radius 1 is 1.16 bits per heavy atom. The molecule has 1 aromatic carbocycles. The van der Waals surface area contributed by atoms with Gasteiger partial charge >= 0.3 is 0 Å². The molecule has 2 unspecified atom stereocenters. The molecular formula is C22H28ClN3O4S. The van der Waals surface area contributed by atoms with Crippen LogP contribution < -0.4 is 11.1 Å². The first-order valence-corrected chi connectivity index (χ1v) is 12.9. The van der Waals surface area contributed by atoms with E-state index in [2.05, 4.69) is 5.32 Å². The molecule has 0 radical (unpaired) electrons. The number of nitrogens with one attached hydrogen (secondary N) is 1. The lowest BCUT2D eigenvalue weighted by molar-refractivity contribution is -0.147. The van der Waals surface area contributed by atoms with Crippen LogP contribution in [0.25, 0.3) is 0 Å². The number of primary amides is 1. The molecule has 0 aromatic heterocycles. The Bertz CT molecular complexity index is 1010. The van der Waals surface area contributed by atoms with E-state index in [4.69, 9.17) is 17.3 Å². The Morgan fingerprint density at radius 2 is 1.84 bits per heavy atom. The van der Waals surface area contributed by atoms with E-state index in [1.165, 1.54) is 16.4 Å². The quantitative estimate of drug-likeness (QED) is 0.643. The Morgan fingerprint density at radius 3 is 2.42 bits per heavy atom. The number of carbonyl (C=O) groups is 2. The highest BCUT2D eigenvalue weighted by Gasteiger charge is 2.58.